The summed E-state index contributed by atoms with van der Waals surface area (Å²) in [5.74, 6) is -0.322. The molecule has 76 valence electrons. The Morgan fingerprint density at radius 1 is 1.71 bits per heavy atom. The lowest BCUT2D eigenvalue weighted by atomic mass is 10.1. The third-order valence-electron chi connectivity index (χ3n) is 1.77. The zero-order chi connectivity index (χ0) is 10.6. The van der Waals surface area contributed by atoms with Crippen molar-refractivity contribution in [3.8, 4) is 0 Å². The summed E-state index contributed by atoms with van der Waals surface area (Å²) in [7, 11) is 1.34. The number of esters is 1. The molecule has 1 aromatic heterocycles. The topological polar surface area (TPSA) is 65.2 Å². The first-order valence-electron chi connectivity index (χ1n) is 4.06. The molecule has 1 aromatic rings. The van der Waals surface area contributed by atoms with E-state index in [4.69, 9.17) is 5.73 Å². The van der Waals surface area contributed by atoms with Gasteiger partial charge in [0.1, 0.15) is 0 Å². The highest BCUT2D eigenvalue weighted by Crippen LogP contribution is 2.17. The Hall–Kier alpha value is -0.940. The number of hydrogen-bond donors (Lipinski definition) is 1. The van der Waals surface area contributed by atoms with Crippen molar-refractivity contribution in [3.05, 3.63) is 28.5 Å². The number of aromatic nitrogens is 1. The maximum absolute atomic E-state index is 10.9. The minimum atomic E-state index is -0.368. The van der Waals surface area contributed by atoms with Crippen molar-refractivity contribution in [1.29, 1.82) is 0 Å². The molecule has 0 saturated heterocycles. The van der Waals surface area contributed by atoms with E-state index in [2.05, 4.69) is 25.7 Å². The summed E-state index contributed by atoms with van der Waals surface area (Å²) in [6.07, 6.45) is 3.46. The molecule has 1 heterocycles. The number of nitrogens with two attached hydrogens (primary N) is 1. The molecule has 0 bridgehead atoms. The molecule has 1 rings (SSSR count). The van der Waals surface area contributed by atoms with Crippen molar-refractivity contribution >= 4 is 21.9 Å². The molecule has 0 spiro atoms. The minimum Gasteiger partial charge on any atom is -0.469 e. The van der Waals surface area contributed by atoms with Crippen molar-refractivity contribution in [1.82, 2.24) is 4.98 Å². The van der Waals surface area contributed by atoms with Crippen molar-refractivity contribution in [2.75, 3.05) is 7.11 Å². The number of hydrogen-bond acceptors (Lipinski definition) is 4. The summed E-state index contributed by atoms with van der Waals surface area (Å²) in [6.45, 7) is 0. The van der Waals surface area contributed by atoms with Crippen LogP contribution in [0.25, 0.3) is 0 Å². The number of ether oxygens (including phenoxy) is 1. The number of carbonyl (C=O) groups is 1. The number of halogens is 1. The normalized spacial score (nSPS) is 12.2. The SMILES string of the molecule is COC(=O)C[C@@H](N)c1cncc(Br)c1. The summed E-state index contributed by atoms with van der Waals surface area (Å²) in [6, 6.07) is 1.47. The fraction of sp³-hybridized carbons (Fsp3) is 0.333. The highest BCUT2D eigenvalue weighted by Gasteiger charge is 2.12. The van der Waals surface area contributed by atoms with Crippen molar-refractivity contribution in [2.45, 2.75) is 12.5 Å². The van der Waals surface area contributed by atoms with Crippen LogP contribution >= 0.6 is 15.9 Å². The second-order valence-corrected chi connectivity index (χ2v) is 3.74. The molecule has 0 aliphatic carbocycles. The van der Waals surface area contributed by atoms with Crippen LogP contribution < -0.4 is 5.73 Å². The van der Waals surface area contributed by atoms with Gasteiger partial charge in [-0.3, -0.25) is 9.78 Å². The van der Waals surface area contributed by atoms with E-state index in [1.165, 1.54) is 7.11 Å². The molecule has 14 heavy (non-hydrogen) atoms. The van der Waals surface area contributed by atoms with E-state index in [1.807, 2.05) is 6.07 Å². The predicted octanol–water partition coefficient (Wildman–Crippen LogP) is 1.41. The molecule has 0 radical (unpaired) electrons. The van der Waals surface area contributed by atoms with E-state index < -0.39 is 0 Å². The number of nitrogens with zero attached hydrogens (tertiary/aromatic N) is 1. The first-order valence-corrected chi connectivity index (χ1v) is 4.85. The van der Waals surface area contributed by atoms with Gasteiger partial charge >= 0.3 is 5.97 Å². The van der Waals surface area contributed by atoms with E-state index in [9.17, 15) is 4.79 Å². The first kappa shape index (κ1) is 11.1. The highest BCUT2D eigenvalue weighted by atomic mass is 79.9. The van der Waals surface area contributed by atoms with Gasteiger partial charge in [-0.1, -0.05) is 0 Å². The summed E-state index contributed by atoms with van der Waals surface area (Å²) in [5, 5.41) is 0. The second-order valence-electron chi connectivity index (χ2n) is 2.82. The highest BCUT2D eigenvalue weighted by molar-refractivity contribution is 9.10. The smallest absolute Gasteiger partial charge is 0.307 e. The lowest BCUT2D eigenvalue weighted by Crippen LogP contribution is -2.16. The molecule has 2 N–H and O–H groups in total. The molecule has 0 aliphatic rings. The van der Waals surface area contributed by atoms with Crippen LogP contribution in [0, 0.1) is 0 Å². The van der Waals surface area contributed by atoms with Crippen molar-refractivity contribution in [2.24, 2.45) is 5.73 Å². The number of methoxy groups -OCH3 is 1. The van der Waals surface area contributed by atoms with Gasteiger partial charge < -0.3 is 10.5 Å². The Morgan fingerprint density at radius 3 is 3.00 bits per heavy atom. The Balaban J connectivity index is 2.69. The number of carbonyl (C=O) groups excluding carboxylic acids is 1. The lowest BCUT2D eigenvalue weighted by molar-refractivity contribution is -0.141. The molecule has 4 nitrogen and oxygen atoms in total. The summed E-state index contributed by atoms with van der Waals surface area (Å²) in [4.78, 5) is 14.9. The van der Waals surface area contributed by atoms with Crippen LogP contribution in [0.15, 0.2) is 22.9 Å². The van der Waals surface area contributed by atoms with E-state index in [-0.39, 0.29) is 18.4 Å². The van der Waals surface area contributed by atoms with E-state index >= 15 is 0 Å². The largest absolute Gasteiger partial charge is 0.469 e. The molecule has 5 heteroatoms. The third kappa shape index (κ3) is 3.08. The van der Waals surface area contributed by atoms with Gasteiger partial charge in [0.05, 0.1) is 13.5 Å². The molecular formula is C9H11BrN2O2. The summed E-state index contributed by atoms with van der Waals surface area (Å²) in [5.41, 5.74) is 6.59. The number of rotatable bonds is 3. The van der Waals surface area contributed by atoms with Gasteiger partial charge in [0.25, 0.3) is 0 Å². The van der Waals surface area contributed by atoms with Gasteiger partial charge in [0.15, 0.2) is 0 Å². The van der Waals surface area contributed by atoms with Crippen LogP contribution in [0.3, 0.4) is 0 Å². The lowest BCUT2D eigenvalue weighted by Gasteiger charge is -2.09. The molecule has 0 amide bonds. The molecule has 0 aromatic carbocycles. The average Bonchev–Trinajstić information content (AvgIpc) is 2.17. The van der Waals surface area contributed by atoms with E-state index in [0.717, 1.165) is 10.0 Å². The van der Waals surface area contributed by atoms with Gasteiger partial charge in [-0.25, -0.2) is 0 Å². The van der Waals surface area contributed by atoms with Gasteiger partial charge in [-0.05, 0) is 27.6 Å². The van der Waals surface area contributed by atoms with E-state index in [0.29, 0.717) is 0 Å². The minimum absolute atomic E-state index is 0.161. The van der Waals surface area contributed by atoms with Crippen LogP contribution in [-0.2, 0) is 9.53 Å². The number of pyridine rings is 1. The molecule has 0 fully saturated rings. The Morgan fingerprint density at radius 2 is 2.43 bits per heavy atom. The van der Waals surface area contributed by atoms with Crippen LogP contribution in [0.1, 0.15) is 18.0 Å². The Kier molecular flexibility index (Phi) is 4.03. The zero-order valence-electron chi connectivity index (χ0n) is 7.74. The molecule has 0 saturated carbocycles. The van der Waals surface area contributed by atoms with Crippen LogP contribution in [-0.4, -0.2) is 18.1 Å². The van der Waals surface area contributed by atoms with Gasteiger partial charge in [-0.2, -0.15) is 0 Å². The van der Waals surface area contributed by atoms with Gasteiger partial charge in [-0.15, -0.1) is 0 Å². The van der Waals surface area contributed by atoms with Gasteiger partial charge in [0, 0.05) is 22.9 Å². The van der Waals surface area contributed by atoms with Crippen LogP contribution in [0.5, 0.6) is 0 Å². The summed E-state index contributed by atoms with van der Waals surface area (Å²) >= 11 is 3.28. The first-order chi connectivity index (χ1) is 6.63. The predicted molar refractivity (Wildman–Crippen MR) is 55.5 cm³/mol. The van der Waals surface area contributed by atoms with Crippen LogP contribution in [0.4, 0.5) is 0 Å². The van der Waals surface area contributed by atoms with Crippen LogP contribution in [0.2, 0.25) is 0 Å². The fourth-order valence-electron chi connectivity index (χ4n) is 1.01. The maximum Gasteiger partial charge on any atom is 0.307 e. The molecule has 0 unspecified atom stereocenters. The third-order valence-corrected chi connectivity index (χ3v) is 2.20. The maximum atomic E-state index is 10.9. The molecule has 0 aliphatic heterocycles. The van der Waals surface area contributed by atoms with Crippen molar-refractivity contribution < 1.29 is 9.53 Å². The monoisotopic (exact) mass is 258 g/mol. The van der Waals surface area contributed by atoms with E-state index in [1.54, 1.807) is 12.4 Å². The average molecular weight is 259 g/mol. The fourth-order valence-corrected chi connectivity index (χ4v) is 1.39. The Labute approximate surface area is 90.6 Å². The zero-order valence-corrected chi connectivity index (χ0v) is 9.32. The summed E-state index contributed by atoms with van der Waals surface area (Å²) < 4.78 is 5.36. The second kappa shape index (κ2) is 5.07. The van der Waals surface area contributed by atoms with Crippen molar-refractivity contribution in [3.63, 3.8) is 0 Å². The Bertz CT molecular complexity index is 330. The standard InChI is InChI=1S/C9H11BrN2O2/c1-14-9(13)3-8(11)6-2-7(10)5-12-4-6/h2,4-5,8H,3,11H2,1H3/t8-/m1/s1. The quantitative estimate of drug-likeness (QED) is 0.833. The van der Waals surface area contributed by atoms with Gasteiger partial charge in [0.2, 0.25) is 0 Å². The molecule has 1 atom stereocenters. The molecular weight excluding hydrogens is 248 g/mol.